The number of esters is 1. The van der Waals surface area contributed by atoms with E-state index in [4.69, 9.17) is 27.9 Å². The largest absolute Gasteiger partial charge is 0.459 e. The lowest BCUT2D eigenvalue weighted by Gasteiger charge is -2.35. The summed E-state index contributed by atoms with van der Waals surface area (Å²) in [6, 6.07) is 5.83. The number of nitrogens with zero attached hydrogens (tertiary/aromatic N) is 4. The van der Waals surface area contributed by atoms with Crippen molar-refractivity contribution in [3.8, 4) is 0 Å². The van der Waals surface area contributed by atoms with E-state index in [-0.39, 0.29) is 35.1 Å². The van der Waals surface area contributed by atoms with Crippen molar-refractivity contribution in [1.82, 2.24) is 30.0 Å². The summed E-state index contributed by atoms with van der Waals surface area (Å²) in [5.41, 5.74) is 1.00. The van der Waals surface area contributed by atoms with Crippen molar-refractivity contribution < 1.29 is 9.53 Å². The number of ether oxygens (including phenoxy) is 1. The van der Waals surface area contributed by atoms with Crippen molar-refractivity contribution in [2.45, 2.75) is 71.2 Å². The number of anilines is 1. The van der Waals surface area contributed by atoms with Crippen molar-refractivity contribution in [3.63, 3.8) is 0 Å². The lowest BCUT2D eigenvalue weighted by molar-refractivity contribution is -0.157. The lowest BCUT2D eigenvalue weighted by atomic mass is 9.99. The molecule has 12 heteroatoms. The zero-order valence-corrected chi connectivity index (χ0v) is 24.2. The lowest BCUT2D eigenvalue weighted by Crippen LogP contribution is -2.45. The smallest absolute Gasteiger partial charge is 0.320 e. The minimum absolute atomic E-state index is 0.206. The van der Waals surface area contributed by atoms with Crippen LogP contribution < -0.4 is 16.2 Å². The highest BCUT2D eigenvalue weighted by Gasteiger charge is 2.26. The number of carbonyl (C=O) groups is 1. The Kier molecular flexibility index (Phi) is 9.87. The van der Waals surface area contributed by atoms with Gasteiger partial charge in [-0.15, -0.1) is 0 Å². The molecule has 1 saturated heterocycles. The van der Waals surface area contributed by atoms with Gasteiger partial charge in [0.25, 0.3) is 5.56 Å². The SMILES string of the molecule is CC(C)(C)OC(=O)CN1CCCCC1CCNc1ncc(Cl)n(CCNCc2n[nH]c3ccc(Cl)cc23)c1=O. The number of benzene rings is 1. The first-order valence-corrected chi connectivity index (χ1v) is 14.1. The molecule has 3 N–H and O–H groups in total. The number of piperidine rings is 1. The summed E-state index contributed by atoms with van der Waals surface area (Å²) < 4.78 is 7.01. The molecule has 1 aromatic carbocycles. The number of fused-ring (bicyclic) bond motifs is 1. The van der Waals surface area contributed by atoms with E-state index in [1.54, 1.807) is 0 Å². The van der Waals surface area contributed by atoms with Gasteiger partial charge in [-0.1, -0.05) is 29.6 Å². The van der Waals surface area contributed by atoms with Gasteiger partial charge in [0, 0.05) is 42.6 Å². The number of hydrogen-bond acceptors (Lipinski definition) is 8. The molecule has 4 rings (SSSR count). The van der Waals surface area contributed by atoms with Gasteiger partial charge >= 0.3 is 5.97 Å². The summed E-state index contributed by atoms with van der Waals surface area (Å²) in [7, 11) is 0. The van der Waals surface area contributed by atoms with Crippen molar-refractivity contribution >= 4 is 45.9 Å². The summed E-state index contributed by atoms with van der Waals surface area (Å²) >= 11 is 12.4. The Morgan fingerprint density at radius 3 is 2.85 bits per heavy atom. The maximum absolute atomic E-state index is 13.1. The zero-order valence-electron chi connectivity index (χ0n) is 22.7. The van der Waals surface area contributed by atoms with E-state index in [2.05, 4.69) is 30.7 Å². The molecule has 0 aliphatic carbocycles. The van der Waals surface area contributed by atoms with Gasteiger partial charge in [-0.3, -0.25) is 24.2 Å². The summed E-state index contributed by atoms with van der Waals surface area (Å²) in [6.45, 7) is 8.75. The second kappa shape index (κ2) is 13.1. The molecule has 0 bridgehead atoms. The third kappa shape index (κ3) is 8.17. The predicted octanol–water partition coefficient (Wildman–Crippen LogP) is 4.21. The van der Waals surface area contributed by atoms with Gasteiger partial charge in [-0.25, -0.2) is 4.98 Å². The number of halogens is 2. The third-order valence-electron chi connectivity index (χ3n) is 6.69. The molecule has 0 saturated carbocycles. The third-order valence-corrected chi connectivity index (χ3v) is 7.22. The average molecular weight is 579 g/mol. The van der Waals surface area contributed by atoms with Crippen LogP contribution in [0.25, 0.3) is 10.9 Å². The van der Waals surface area contributed by atoms with Crippen LogP contribution in [0.4, 0.5) is 5.82 Å². The topological polar surface area (TPSA) is 117 Å². The van der Waals surface area contributed by atoms with Crippen LogP contribution in [-0.2, 0) is 22.6 Å². The van der Waals surface area contributed by atoms with E-state index in [0.717, 1.165) is 48.8 Å². The minimum Gasteiger partial charge on any atom is -0.459 e. The number of aromatic amines is 1. The molecule has 0 amide bonds. The van der Waals surface area contributed by atoms with Gasteiger partial charge in [0.1, 0.15) is 10.8 Å². The van der Waals surface area contributed by atoms with Crippen molar-refractivity contribution in [2.24, 2.45) is 0 Å². The van der Waals surface area contributed by atoms with Gasteiger partial charge in [-0.2, -0.15) is 5.10 Å². The first kappa shape index (κ1) is 29.3. The van der Waals surface area contributed by atoms with E-state index in [0.29, 0.717) is 31.2 Å². The number of nitrogens with one attached hydrogen (secondary N) is 3. The molecular weight excluding hydrogens is 541 g/mol. The Labute approximate surface area is 238 Å². The molecule has 0 radical (unpaired) electrons. The fourth-order valence-electron chi connectivity index (χ4n) is 4.86. The second-order valence-corrected chi connectivity index (χ2v) is 11.7. The highest BCUT2D eigenvalue weighted by molar-refractivity contribution is 6.31. The van der Waals surface area contributed by atoms with Crippen molar-refractivity contribution in [2.75, 3.05) is 31.5 Å². The minimum atomic E-state index is -0.499. The summed E-state index contributed by atoms with van der Waals surface area (Å²) in [6.07, 6.45) is 5.47. The van der Waals surface area contributed by atoms with E-state index < -0.39 is 5.60 Å². The van der Waals surface area contributed by atoms with Gasteiger partial charge in [0.2, 0.25) is 0 Å². The van der Waals surface area contributed by atoms with E-state index >= 15 is 0 Å². The maximum Gasteiger partial charge on any atom is 0.320 e. The van der Waals surface area contributed by atoms with E-state index in [9.17, 15) is 9.59 Å². The normalized spacial score (nSPS) is 16.5. The number of rotatable bonds is 11. The molecule has 39 heavy (non-hydrogen) atoms. The molecule has 1 aliphatic heterocycles. The molecule has 212 valence electrons. The summed E-state index contributed by atoms with van der Waals surface area (Å²) in [5, 5.41) is 15.7. The number of carbonyl (C=O) groups excluding carboxylic acids is 1. The number of likely N-dealkylation sites (tertiary alicyclic amines) is 1. The van der Waals surface area contributed by atoms with Crippen LogP contribution in [0.2, 0.25) is 10.2 Å². The van der Waals surface area contributed by atoms with Crippen LogP contribution in [0.5, 0.6) is 0 Å². The molecular formula is C27H37Cl2N7O3. The Morgan fingerprint density at radius 2 is 2.05 bits per heavy atom. The molecule has 1 unspecified atom stereocenters. The summed E-state index contributed by atoms with van der Waals surface area (Å²) in [4.78, 5) is 31.9. The monoisotopic (exact) mass is 577 g/mol. The molecule has 10 nitrogen and oxygen atoms in total. The molecule has 1 atom stereocenters. The average Bonchev–Trinajstić information content (AvgIpc) is 3.26. The fourth-order valence-corrected chi connectivity index (χ4v) is 5.24. The zero-order chi connectivity index (χ0) is 28.0. The molecule has 2 aromatic heterocycles. The van der Waals surface area contributed by atoms with Crippen LogP contribution in [0.3, 0.4) is 0 Å². The van der Waals surface area contributed by atoms with Gasteiger partial charge in [0.05, 0.1) is 24.0 Å². The molecule has 3 aromatic rings. The quantitative estimate of drug-likeness (QED) is 0.229. The first-order chi connectivity index (χ1) is 18.6. The Hall–Kier alpha value is -2.66. The highest BCUT2D eigenvalue weighted by Crippen LogP contribution is 2.21. The maximum atomic E-state index is 13.1. The van der Waals surface area contributed by atoms with Crippen LogP contribution >= 0.6 is 23.2 Å². The molecule has 0 spiro atoms. The standard InChI is InChI=1S/C27H37Cl2N7O3/c1-27(2,3)39-24(37)17-35-12-5-4-6-19(35)9-10-31-25-26(38)36(23(29)16-32-25)13-11-30-15-22-20-14-18(28)7-8-21(20)33-34-22/h7-8,14,16,19,30H,4-6,9-13,15,17H2,1-3H3,(H,31,32)(H,33,34). The van der Waals surface area contributed by atoms with Crippen LogP contribution in [-0.4, -0.2) is 68.4 Å². The van der Waals surface area contributed by atoms with Crippen molar-refractivity contribution in [1.29, 1.82) is 0 Å². The van der Waals surface area contributed by atoms with Crippen LogP contribution in [0.15, 0.2) is 29.2 Å². The van der Waals surface area contributed by atoms with Crippen LogP contribution in [0.1, 0.15) is 52.1 Å². The highest BCUT2D eigenvalue weighted by atomic mass is 35.5. The van der Waals surface area contributed by atoms with Gasteiger partial charge < -0.3 is 15.4 Å². The van der Waals surface area contributed by atoms with Gasteiger partial charge in [0.15, 0.2) is 5.82 Å². The number of aromatic nitrogens is 4. The van der Waals surface area contributed by atoms with E-state index in [1.165, 1.54) is 10.8 Å². The van der Waals surface area contributed by atoms with Crippen molar-refractivity contribution in [3.05, 3.63) is 50.6 Å². The Morgan fingerprint density at radius 1 is 1.23 bits per heavy atom. The van der Waals surface area contributed by atoms with Crippen LogP contribution in [0, 0.1) is 0 Å². The Balaban J connectivity index is 1.28. The molecule has 1 fully saturated rings. The number of hydrogen-bond donors (Lipinski definition) is 3. The molecule has 3 heterocycles. The van der Waals surface area contributed by atoms with Gasteiger partial charge in [-0.05, 0) is 64.8 Å². The first-order valence-electron chi connectivity index (χ1n) is 13.4. The predicted molar refractivity (Wildman–Crippen MR) is 154 cm³/mol. The second-order valence-electron chi connectivity index (χ2n) is 10.8. The number of H-pyrrole nitrogens is 1. The van der Waals surface area contributed by atoms with E-state index in [1.807, 2.05) is 39.0 Å². The Bertz CT molecular complexity index is 1340. The fraction of sp³-hybridized carbons (Fsp3) is 0.556. The summed E-state index contributed by atoms with van der Waals surface area (Å²) in [5.74, 6) is 0.0596. The molecule has 1 aliphatic rings.